The van der Waals surface area contributed by atoms with Gasteiger partial charge in [0.15, 0.2) is 11.6 Å². The van der Waals surface area contributed by atoms with Crippen LogP contribution in [0.25, 0.3) is 27.9 Å². The van der Waals surface area contributed by atoms with E-state index in [1.165, 1.54) is 0 Å². The molecule has 0 aliphatic heterocycles. The Hall–Kier alpha value is -4.14. The summed E-state index contributed by atoms with van der Waals surface area (Å²) in [5, 5.41) is 4.47. The third-order valence-corrected chi connectivity index (χ3v) is 4.73. The number of nitrogens with two attached hydrogens (primary N) is 1. The molecule has 0 fully saturated rings. The SMILES string of the molecule is Cc1nc2ccc(Cc3nc(CC(N)=O)nn3-c3cnc4ccccc4n3)cc2[nH]1. The Morgan fingerprint density at radius 3 is 2.73 bits per heavy atom. The van der Waals surface area contributed by atoms with Gasteiger partial charge < -0.3 is 10.7 Å². The molecule has 3 N–H and O–H groups in total. The van der Waals surface area contributed by atoms with E-state index >= 15 is 0 Å². The topological polar surface area (TPSA) is 128 Å². The fraction of sp³-hybridized carbons (Fsp3) is 0.143. The minimum Gasteiger partial charge on any atom is -0.369 e. The van der Waals surface area contributed by atoms with Crippen molar-refractivity contribution in [2.75, 3.05) is 0 Å². The van der Waals surface area contributed by atoms with Gasteiger partial charge in [0.1, 0.15) is 11.6 Å². The molecular weight excluding hydrogens is 380 g/mol. The maximum atomic E-state index is 11.4. The number of para-hydroxylation sites is 2. The summed E-state index contributed by atoms with van der Waals surface area (Å²) in [7, 11) is 0. The lowest BCUT2D eigenvalue weighted by Crippen LogP contribution is -2.14. The van der Waals surface area contributed by atoms with E-state index in [1.807, 2.05) is 49.4 Å². The molecule has 3 aromatic heterocycles. The van der Waals surface area contributed by atoms with Crippen LogP contribution in [0.1, 0.15) is 23.0 Å². The van der Waals surface area contributed by atoms with Crippen LogP contribution >= 0.6 is 0 Å². The van der Waals surface area contributed by atoms with Gasteiger partial charge in [-0.1, -0.05) is 18.2 Å². The Kier molecular flexibility index (Phi) is 4.20. The summed E-state index contributed by atoms with van der Waals surface area (Å²) in [6, 6.07) is 13.6. The number of carbonyl (C=O) groups is 1. The van der Waals surface area contributed by atoms with Crippen molar-refractivity contribution in [2.24, 2.45) is 5.73 Å². The number of primary amides is 1. The van der Waals surface area contributed by atoms with Crippen LogP contribution in [0, 0.1) is 6.92 Å². The zero-order valence-electron chi connectivity index (χ0n) is 16.2. The molecule has 9 heteroatoms. The number of nitrogens with one attached hydrogen (secondary N) is 1. The lowest BCUT2D eigenvalue weighted by Gasteiger charge is -2.06. The maximum Gasteiger partial charge on any atom is 0.225 e. The van der Waals surface area contributed by atoms with Crippen molar-refractivity contribution in [3.8, 4) is 5.82 Å². The summed E-state index contributed by atoms with van der Waals surface area (Å²) in [6.45, 7) is 1.92. The van der Waals surface area contributed by atoms with Gasteiger partial charge in [-0.2, -0.15) is 4.68 Å². The third-order valence-electron chi connectivity index (χ3n) is 4.73. The third kappa shape index (κ3) is 3.37. The van der Waals surface area contributed by atoms with Crippen LogP contribution in [0.3, 0.4) is 0 Å². The summed E-state index contributed by atoms with van der Waals surface area (Å²) < 4.78 is 1.63. The van der Waals surface area contributed by atoms with E-state index in [0.29, 0.717) is 23.9 Å². The zero-order valence-corrected chi connectivity index (χ0v) is 16.2. The van der Waals surface area contributed by atoms with Crippen molar-refractivity contribution in [1.29, 1.82) is 0 Å². The van der Waals surface area contributed by atoms with E-state index < -0.39 is 5.91 Å². The smallest absolute Gasteiger partial charge is 0.225 e. The van der Waals surface area contributed by atoms with Crippen LogP contribution < -0.4 is 5.73 Å². The molecule has 0 saturated carbocycles. The highest BCUT2D eigenvalue weighted by atomic mass is 16.1. The van der Waals surface area contributed by atoms with E-state index in [9.17, 15) is 4.79 Å². The first-order valence-electron chi connectivity index (χ1n) is 9.46. The predicted octanol–water partition coefficient (Wildman–Crippen LogP) is 2.01. The fourth-order valence-electron chi connectivity index (χ4n) is 3.45. The number of fused-ring (bicyclic) bond motifs is 2. The lowest BCUT2D eigenvalue weighted by molar-refractivity contribution is -0.117. The Labute approximate surface area is 171 Å². The average Bonchev–Trinajstić information content (AvgIpc) is 3.28. The number of rotatable bonds is 5. The monoisotopic (exact) mass is 398 g/mol. The lowest BCUT2D eigenvalue weighted by atomic mass is 10.1. The number of benzene rings is 2. The molecule has 0 saturated heterocycles. The molecule has 0 spiro atoms. The number of aryl methyl sites for hydroxylation is 1. The quantitative estimate of drug-likeness (QED) is 0.466. The first-order valence-corrected chi connectivity index (χ1v) is 9.46. The molecule has 148 valence electrons. The minimum absolute atomic E-state index is 0.0419. The first-order chi connectivity index (χ1) is 14.5. The molecule has 2 aromatic carbocycles. The minimum atomic E-state index is -0.488. The second kappa shape index (κ2) is 7.03. The molecule has 30 heavy (non-hydrogen) atoms. The summed E-state index contributed by atoms with van der Waals surface area (Å²) >= 11 is 0. The van der Waals surface area contributed by atoms with Crippen LogP contribution in [0.5, 0.6) is 0 Å². The van der Waals surface area contributed by atoms with Crippen molar-refractivity contribution < 1.29 is 4.79 Å². The molecule has 0 bridgehead atoms. The number of hydrogen-bond donors (Lipinski definition) is 2. The standard InChI is InChI=1S/C21H18N8O/c1-12-24-16-7-6-13(8-17(16)25-12)9-20-27-19(10-18(22)30)28-29(20)21-11-23-14-4-2-3-5-15(14)26-21/h2-8,11H,9-10H2,1H3,(H2,22,30)(H,24,25). The van der Waals surface area contributed by atoms with Crippen LogP contribution in [0.15, 0.2) is 48.7 Å². The maximum absolute atomic E-state index is 11.4. The highest BCUT2D eigenvalue weighted by Crippen LogP contribution is 2.18. The van der Waals surface area contributed by atoms with Crippen LogP contribution in [0.2, 0.25) is 0 Å². The van der Waals surface area contributed by atoms with Crippen LogP contribution in [-0.2, 0) is 17.6 Å². The van der Waals surface area contributed by atoms with Gasteiger partial charge in [-0.3, -0.25) is 9.78 Å². The molecule has 0 radical (unpaired) electrons. The van der Waals surface area contributed by atoms with E-state index in [4.69, 9.17) is 5.73 Å². The molecule has 1 amide bonds. The van der Waals surface area contributed by atoms with Gasteiger partial charge in [-0.15, -0.1) is 5.10 Å². The number of aromatic nitrogens is 7. The molecule has 0 aliphatic rings. The zero-order chi connectivity index (χ0) is 20.7. The molecule has 3 heterocycles. The van der Waals surface area contributed by atoms with E-state index in [1.54, 1.807) is 10.9 Å². The number of carbonyl (C=O) groups excluding carboxylic acids is 1. The molecule has 0 aliphatic carbocycles. The number of imidazole rings is 1. The Morgan fingerprint density at radius 2 is 1.90 bits per heavy atom. The molecule has 9 nitrogen and oxygen atoms in total. The largest absolute Gasteiger partial charge is 0.369 e. The number of aromatic amines is 1. The van der Waals surface area contributed by atoms with Crippen molar-refractivity contribution in [3.05, 3.63) is 71.7 Å². The Morgan fingerprint density at radius 1 is 1.07 bits per heavy atom. The van der Waals surface area contributed by atoms with Crippen LogP contribution in [-0.4, -0.2) is 40.6 Å². The van der Waals surface area contributed by atoms with Gasteiger partial charge >= 0.3 is 0 Å². The molecule has 0 unspecified atom stereocenters. The van der Waals surface area contributed by atoms with Gasteiger partial charge in [0.25, 0.3) is 0 Å². The van der Waals surface area contributed by atoms with Gasteiger partial charge in [-0.25, -0.2) is 15.0 Å². The number of H-pyrrole nitrogens is 1. The summed E-state index contributed by atoms with van der Waals surface area (Å²) in [4.78, 5) is 32.7. The molecule has 5 aromatic rings. The van der Waals surface area contributed by atoms with Gasteiger partial charge in [0.05, 0.1) is 34.7 Å². The normalized spacial score (nSPS) is 11.4. The second-order valence-corrected chi connectivity index (χ2v) is 7.07. The number of amides is 1. The van der Waals surface area contributed by atoms with Crippen LogP contribution in [0.4, 0.5) is 0 Å². The van der Waals surface area contributed by atoms with Gasteiger partial charge in [-0.05, 0) is 36.8 Å². The van der Waals surface area contributed by atoms with Crippen molar-refractivity contribution in [1.82, 2.24) is 34.7 Å². The summed E-state index contributed by atoms with van der Waals surface area (Å²) in [5.74, 6) is 1.90. The first kappa shape index (κ1) is 17.9. The number of hydrogen-bond acceptors (Lipinski definition) is 6. The average molecular weight is 398 g/mol. The predicted molar refractivity (Wildman–Crippen MR) is 111 cm³/mol. The number of nitrogens with zero attached hydrogens (tertiary/aromatic N) is 6. The Bertz CT molecular complexity index is 1400. The molecule has 5 rings (SSSR count). The highest BCUT2D eigenvalue weighted by molar-refractivity contribution is 5.76. The molecular formula is C21H18N8O. The highest BCUT2D eigenvalue weighted by Gasteiger charge is 2.16. The van der Waals surface area contributed by atoms with Gasteiger partial charge in [0.2, 0.25) is 5.91 Å². The van der Waals surface area contributed by atoms with Gasteiger partial charge in [0, 0.05) is 6.42 Å². The second-order valence-electron chi connectivity index (χ2n) is 7.07. The molecule has 0 atom stereocenters. The van der Waals surface area contributed by atoms with Crippen molar-refractivity contribution in [3.63, 3.8) is 0 Å². The Balaban J connectivity index is 1.58. The van der Waals surface area contributed by atoms with E-state index in [0.717, 1.165) is 33.5 Å². The van der Waals surface area contributed by atoms with Crippen molar-refractivity contribution >= 4 is 28.0 Å². The summed E-state index contributed by atoms with van der Waals surface area (Å²) in [6.07, 6.45) is 2.10. The van der Waals surface area contributed by atoms with E-state index in [-0.39, 0.29) is 6.42 Å². The van der Waals surface area contributed by atoms with Crippen molar-refractivity contribution in [2.45, 2.75) is 19.8 Å². The van der Waals surface area contributed by atoms with E-state index in [2.05, 4.69) is 30.0 Å². The fourth-order valence-corrected chi connectivity index (χ4v) is 3.45. The summed E-state index contributed by atoms with van der Waals surface area (Å²) in [5.41, 5.74) is 9.78.